The number of amides is 1. The molecule has 3 aromatic carbocycles. The van der Waals surface area contributed by atoms with Gasteiger partial charge in [0.2, 0.25) is 5.91 Å². The molecule has 33 heavy (non-hydrogen) atoms. The lowest BCUT2D eigenvalue weighted by atomic mass is 9.98. The van der Waals surface area contributed by atoms with E-state index in [9.17, 15) is 14.0 Å². The molecule has 1 amide bonds. The fraction of sp³-hybridized carbons (Fsp3) is 0.192. The van der Waals surface area contributed by atoms with Crippen LogP contribution in [0, 0.1) is 12.7 Å². The summed E-state index contributed by atoms with van der Waals surface area (Å²) in [5, 5.41) is 3.85. The first-order valence-corrected chi connectivity index (χ1v) is 11.6. The number of nitrogens with zero attached hydrogens (tertiary/aromatic N) is 2. The quantitative estimate of drug-likeness (QED) is 0.296. The molecule has 0 saturated carbocycles. The van der Waals surface area contributed by atoms with Gasteiger partial charge in [-0.3, -0.25) is 14.2 Å². The number of aromatic nitrogens is 2. The molecule has 0 aliphatic carbocycles. The summed E-state index contributed by atoms with van der Waals surface area (Å²) < 4.78 is 14.9. The number of nitrogens with one attached hydrogen (secondary N) is 1. The van der Waals surface area contributed by atoms with E-state index in [-0.39, 0.29) is 23.1 Å². The van der Waals surface area contributed by atoms with Crippen LogP contribution in [0.15, 0.2) is 76.7 Å². The van der Waals surface area contributed by atoms with Gasteiger partial charge in [0.1, 0.15) is 5.82 Å². The zero-order chi connectivity index (χ0) is 23.5. The van der Waals surface area contributed by atoms with E-state index in [0.717, 1.165) is 16.8 Å². The van der Waals surface area contributed by atoms with Crippen molar-refractivity contribution in [2.75, 3.05) is 11.1 Å². The molecule has 0 saturated heterocycles. The lowest BCUT2D eigenvalue weighted by Crippen LogP contribution is -2.23. The molecule has 0 aliphatic rings. The maximum atomic E-state index is 13.5. The van der Waals surface area contributed by atoms with Crippen molar-refractivity contribution < 1.29 is 9.18 Å². The number of benzene rings is 3. The predicted molar refractivity (Wildman–Crippen MR) is 132 cm³/mol. The zero-order valence-electron chi connectivity index (χ0n) is 18.6. The highest BCUT2D eigenvalue weighted by molar-refractivity contribution is 7.99. The summed E-state index contributed by atoms with van der Waals surface area (Å²) in [6, 6.07) is 18.7. The van der Waals surface area contributed by atoms with Gasteiger partial charge in [-0.2, -0.15) is 0 Å². The van der Waals surface area contributed by atoms with Crippen LogP contribution in [0.5, 0.6) is 0 Å². The molecule has 0 atom stereocenters. The number of aryl methyl sites for hydroxylation is 1. The van der Waals surface area contributed by atoms with E-state index in [4.69, 9.17) is 0 Å². The number of fused-ring (bicyclic) bond motifs is 1. The summed E-state index contributed by atoms with van der Waals surface area (Å²) >= 11 is 1.17. The molecule has 1 aromatic heterocycles. The van der Waals surface area contributed by atoms with Crippen LogP contribution in [0.1, 0.15) is 30.9 Å². The lowest BCUT2D eigenvalue weighted by molar-refractivity contribution is -0.113. The van der Waals surface area contributed by atoms with Crippen LogP contribution in [0.4, 0.5) is 10.1 Å². The molecular weight excluding hydrogens is 437 g/mol. The smallest absolute Gasteiger partial charge is 0.266 e. The Morgan fingerprint density at radius 3 is 2.52 bits per heavy atom. The molecule has 0 fully saturated rings. The zero-order valence-corrected chi connectivity index (χ0v) is 19.4. The average Bonchev–Trinajstić information content (AvgIpc) is 2.80. The standard InChI is InChI=1S/C26H24FN3O2S/c1-16(2)20-9-6-7-17(3)24(20)29-23(31)15-33-26-28-22-10-5-4-8-21(22)25(32)30(26)19-13-11-18(27)12-14-19/h4-14,16H,15H2,1-3H3,(H,29,31). The minimum atomic E-state index is -0.395. The molecule has 5 nitrogen and oxygen atoms in total. The third kappa shape index (κ3) is 4.83. The number of hydrogen-bond donors (Lipinski definition) is 1. The van der Waals surface area contributed by atoms with E-state index in [2.05, 4.69) is 24.1 Å². The molecule has 168 valence electrons. The normalized spacial score (nSPS) is 11.2. The fourth-order valence-corrected chi connectivity index (χ4v) is 4.49. The molecule has 1 N–H and O–H groups in total. The van der Waals surface area contributed by atoms with Gasteiger partial charge >= 0.3 is 0 Å². The number of para-hydroxylation sites is 2. The minimum Gasteiger partial charge on any atom is -0.325 e. The number of halogens is 1. The Labute approximate surface area is 195 Å². The maximum Gasteiger partial charge on any atom is 0.266 e. The van der Waals surface area contributed by atoms with Gasteiger partial charge < -0.3 is 5.32 Å². The Balaban J connectivity index is 1.67. The molecule has 4 aromatic rings. The van der Waals surface area contributed by atoms with E-state index in [0.29, 0.717) is 21.7 Å². The van der Waals surface area contributed by atoms with Crippen molar-refractivity contribution in [2.24, 2.45) is 0 Å². The predicted octanol–water partition coefficient (Wildman–Crippen LogP) is 5.69. The van der Waals surface area contributed by atoms with Crippen LogP contribution >= 0.6 is 11.8 Å². The van der Waals surface area contributed by atoms with Gasteiger partial charge in [-0.1, -0.05) is 55.9 Å². The third-order valence-corrected chi connectivity index (χ3v) is 6.29. The number of anilines is 1. The van der Waals surface area contributed by atoms with E-state index in [1.54, 1.807) is 18.2 Å². The Bertz CT molecular complexity index is 1380. The van der Waals surface area contributed by atoms with E-state index < -0.39 is 5.82 Å². The third-order valence-electron chi connectivity index (χ3n) is 5.35. The Hall–Kier alpha value is -3.45. The average molecular weight is 462 g/mol. The Morgan fingerprint density at radius 1 is 1.06 bits per heavy atom. The Morgan fingerprint density at radius 2 is 1.79 bits per heavy atom. The fourth-order valence-electron chi connectivity index (χ4n) is 3.67. The van der Waals surface area contributed by atoms with E-state index in [1.165, 1.54) is 40.6 Å². The van der Waals surface area contributed by atoms with Gasteiger partial charge in [0.25, 0.3) is 5.56 Å². The molecule has 4 rings (SSSR count). The van der Waals surface area contributed by atoms with Gasteiger partial charge in [0, 0.05) is 5.69 Å². The summed E-state index contributed by atoms with van der Waals surface area (Å²) in [6.45, 7) is 6.13. The number of carbonyl (C=O) groups excluding carboxylic acids is 1. The monoisotopic (exact) mass is 461 g/mol. The van der Waals surface area contributed by atoms with Crippen molar-refractivity contribution >= 4 is 34.3 Å². The molecule has 0 unspecified atom stereocenters. The maximum absolute atomic E-state index is 13.5. The summed E-state index contributed by atoms with van der Waals surface area (Å²) in [7, 11) is 0. The van der Waals surface area contributed by atoms with Crippen LogP contribution in [-0.4, -0.2) is 21.2 Å². The first-order chi connectivity index (χ1) is 15.8. The second kappa shape index (κ2) is 9.58. The first-order valence-electron chi connectivity index (χ1n) is 10.6. The largest absolute Gasteiger partial charge is 0.325 e. The van der Waals surface area contributed by atoms with E-state index in [1.807, 2.05) is 31.2 Å². The van der Waals surface area contributed by atoms with Gasteiger partial charge in [0.05, 0.1) is 22.3 Å². The number of thioether (sulfide) groups is 1. The highest BCUT2D eigenvalue weighted by Crippen LogP contribution is 2.28. The molecule has 0 spiro atoms. The molecule has 1 heterocycles. The lowest BCUT2D eigenvalue weighted by Gasteiger charge is -2.17. The number of hydrogen-bond acceptors (Lipinski definition) is 4. The first kappa shape index (κ1) is 22.7. The SMILES string of the molecule is Cc1cccc(C(C)C)c1NC(=O)CSc1nc2ccccc2c(=O)n1-c1ccc(F)cc1. The van der Waals surface area contributed by atoms with Crippen molar-refractivity contribution in [1.82, 2.24) is 9.55 Å². The summed E-state index contributed by atoms with van der Waals surface area (Å²) in [5.74, 6) is -0.256. The van der Waals surface area contributed by atoms with Crippen molar-refractivity contribution in [3.05, 3.63) is 94.0 Å². The van der Waals surface area contributed by atoms with Crippen molar-refractivity contribution in [2.45, 2.75) is 31.8 Å². The van der Waals surface area contributed by atoms with E-state index >= 15 is 0 Å². The van der Waals surface area contributed by atoms with Gasteiger partial charge in [-0.25, -0.2) is 9.37 Å². The van der Waals surface area contributed by atoms with Gasteiger partial charge in [-0.05, 0) is 60.4 Å². The van der Waals surface area contributed by atoms with Crippen LogP contribution in [0.3, 0.4) is 0 Å². The number of carbonyl (C=O) groups is 1. The summed E-state index contributed by atoms with van der Waals surface area (Å²) in [6.07, 6.45) is 0. The molecule has 0 bridgehead atoms. The van der Waals surface area contributed by atoms with Gasteiger partial charge in [-0.15, -0.1) is 0 Å². The Kier molecular flexibility index (Phi) is 6.60. The molecular formula is C26H24FN3O2S. The number of rotatable bonds is 6. The van der Waals surface area contributed by atoms with Crippen LogP contribution in [-0.2, 0) is 4.79 Å². The summed E-state index contributed by atoms with van der Waals surface area (Å²) in [5.41, 5.74) is 3.65. The highest BCUT2D eigenvalue weighted by atomic mass is 32.2. The molecule has 7 heteroatoms. The second-order valence-electron chi connectivity index (χ2n) is 8.06. The summed E-state index contributed by atoms with van der Waals surface area (Å²) in [4.78, 5) is 30.7. The second-order valence-corrected chi connectivity index (χ2v) is 9.00. The van der Waals surface area contributed by atoms with Gasteiger partial charge in [0.15, 0.2) is 5.16 Å². The van der Waals surface area contributed by atoms with Crippen molar-refractivity contribution in [1.29, 1.82) is 0 Å². The van der Waals surface area contributed by atoms with Crippen LogP contribution in [0.2, 0.25) is 0 Å². The minimum absolute atomic E-state index is 0.0673. The highest BCUT2D eigenvalue weighted by Gasteiger charge is 2.16. The topological polar surface area (TPSA) is 64.0 Å². The molecule has 0 radical (unpaired) electrons. The van der Waals surface area contributed by atoms with Crippen molar-refractivity contribution in [3.63, 3.8) is 0 Å². The molecule has 0 aliphatic heterocycles. The van der Waals surface area contributed by atoms with Crippen LogP contribution < -0.4 is 10.9 Å². The van der Waals surface area contributed by atoms with Crippen molar-refractivity contribution in [3.8, 4) is 5.69 Å². The van der Waals surface area contributed by atoms with Crippen LogP contribution in [0.25, 0.3) is 16.6 Å².